The lowest BCUT2D eigenvalue weighted by atomic mass is 10.2. The molecular weight excluding hydrogens is 126 g/mol. The van der Waals surface area contributed by atoms with Crippen molar-refractivity contribution in [2.45, 2.75) is 13.5 Å². The van der Waals surface area contributed by atoms with Crippen LogP contribution in [0.1, 0.15) is 6.92 Å². The summed E-state index contributed by atoms with van der Waals surface area (Å²) in [6, 6.07) is 0. The lowest BCUT2D eigenvalue weighted by Crippen LogP contribution is -2.16. The highest BCUT2D eigenvalue weighted by Gasteiger charge is 1.97. The predicted octanol–water partition coefficient (Wildman–Crippen LogP) is 0.478. The highest BCUT2D eigenvalue weighted by atomic mass is 15.0. The molecule has 0 aliphatic rings. The Morgan fingerprint density at radius 1 is 1.70 bits per heavy atom. The van der Waals surface area contributed by atoms with Gasteiger partial charge in [-0.1, -0.05) is 6.92 Å². The van der Waals surface area contributed by atoms with Gasteiger partial charge in [0.05, 0.1) is 6.33 Å². The first-order chi connectivity index (χ1) is 4.83. The smallest absolute Gasteiger partial charge is 0.0946 e. The fourth-order valence-corrected chi connectivity index (χ4v) is 0.829. The summed E-state index contributed by atoms with van der Waals surface area (Å²) < 4.78 is 2.04. The van der Waals surface area contributed by atoms with E-state index in [1.807, 2.05) is 17.1 Å². The van der Waals surface area contributed by atoms with Crippen molar-refractivity contribution in [3.63, 3.8) is 0 Å². The van der Waals surface area contributed by atoms with Crippen molar-refractivity contribution in [3.8, 4) is 0 Å². The van der Waals surface area contributed by atoms with Crippen molar-refractivity contribution in [2.24, 2.45) is 11.7 Å². The molecular formula is C7H13N3. The molecule has 3 heteroatoms. The van der Waals surface area contributed by atoms with Crippen LogP contribution in [0.2, 0.25) is 0 Å². The van der Waals surface area contributed by atoms with Gasteiger partial charge in [-0.15, -0.1) is 0 Å². The molecule has 0 spiro atoms. The van der Waals surface area contributed by atoms with Crippen molar-refractivity contribution in [1.29, 1.82) is 0 Å². The molecule has 1 aromatic rings. The first-order valence-corrected chi connectivity index (χ1v) is 3.48. The lowest BCUT2D eigenvalue weighted by Gasteiger charge is -2.07. The van der Waals surface area contributed by atoms with E-state index in [0.717, 1.165) is 13.1 Å². The Bertz CT molecular complexity index is 169. The second-order valence-electron chi connectivity index (χ2n) is 2.60. The van der Waals surface area contributed by atoms with E-state index in [2.05, 4.69) is 11.9 Å². The van der Waals surface area contributed by atoms with E-state index in [9.17, 15) is 0 Å². The molecule has 1 aromatic heterocycles. The standard InChI is InChI=1S/C7H13N3/c1-7(4-8)5-10-3-2-9-6-10/h2-3,6-7H,4-5,8H2,1H3. The van der Waals surface area contributed by atoms with Gasteiger partial charge >= 0.3 is 0 Å². The summed E-state index contributed by atoms with van der Waals surface area (Å²) >= 11 is 0. The third kappa shape index (κ3) is 1.84. The fourth-order valence-electron chi connectivity index (χ4n) is 0.829. The summed E-state index contributed by atoms with van der Waals surface area (Å²) in [4.78, 5) is 3.93. The number of imidazole rings is 1. The Kier molecular flexibility index (Phi) is 2.45. The second kappa shape index (κ2) is 3.37. The molecule has 0 radical (unpaired) electrons. The molecule has 2 N–H and O–H groups in total. The zero-order valence-corrected chi connectivity index (χ0v) is 6.20. The normalized spacial score (nSPS) is 13.4. The molecule has 1 unspecified atom stereocenters. The summed E-state index contributed by atoms with van der Waals surface area (Å²) in [6.45, 7) is 3.83. The Labute approximate surface area is 60.9 Å². The number of aromatic nitrogens is 2. The first-order valence-electron chi connectivity index (χ1n) is 3.48. The molecule has 0 saturated heterocycles. The number of hydrogen-bond acceptors (Lipinski definition) is 2. The maximum Gasteiger partial charge on any atom is 0.0946 e. The fraction of sp³-hybridized carbons (Fsp3) is 0.571. The number of rotatable bonds is 3. The minimum absolute atomic E-state index is 0.536. The first kappa shape index (κ1) is 7.28. The molecule has 0 fully saturated rings. The minimum atomic E-state index is 0.536. The van der Waals surface area contributed by atoms with E-state index in [1.165, 1.54) is 0 Å². The number of hydrogen-bond donors (Lipinski definition) is 1. The van der Waals surface area contributed by atoms with E-state index < -0.39 is 0 Å². The molecule has 3 nitrogen and oxygen atoms in total. The van der Waals surface area contributed by atoms with Gasteiger partial charge < -0.3 is 10.3 Å². The minimum Gasteiger partial charge on any atom is -0.337 e. The van der Waals surface area contributed by atoms with E-state index in [4.69, 9.17) is 5.73 Å². The van der Waals surface area contributed by atoms with Gasteiger partial charge in [-0.3, -0.25) is 0 Å². The molecule has 10 heavy (non-hydrogen) atoms. The Morgan fingerprint density at radius 2 is 2.50 bits per heavy atom. The van der Waals surface area contributed by atoms with Crippen LogP contribution < -0.4 is 5.73 Å². The van der Waals surface area contributed by atoms with Crippen molar-refractivity contribution in [2.75, 3.05) is 6.54 Å². The Hall–Kier alpha value is -0.830. The van der Waals surface area contributed by atoms with Crippen LogP contribution >= 0.6 is 0 Å². The average molecular weight is 139 g/mol. The van der Waals surface area contributed by atoms with Crippen LogP contribution in [-0.4, -0.2) is 16.1 Å². The maximum absolute atomic E-state index is 5.45. The zero-order valence-electron chi connectivity index (χ0n) is 6.20. The molecule has 0 saturated carbocycles. The van der Waals surface area contributed by atoms with Gasteiger partial charge in [-0.25, -0.2) is 4.98 Å². The third-order valence-corrected chi connectivity index (χ3v) is 1.48. The molecule has 0 bridgehead atoms. The SMILES string of the molecule is CC(CN)Cn1ccnc1. The van der Waals surface area contributed by atoms with Gasteiger partial charge in [-0.05, 0) is 12.5 Å². The number of nitrogens with two attached hydrogens (primary N) is 1. The predicted molar refractivity (Wildman–Crippen MR) is 40.4 cm³/mol. The van der Waals surface area contributed by atoms with Crippen molar-refractivity contribution in [1.82, 2.24) is 9.55 Å². The van der Waals surface area contributed by atoms with Gasteiger partial charge in [-0.2, -0.15) is 0 Å². The van der Waals surface area contributed by atoms with Gasteiger partial charge in [0.15, 0.2) is 0 Å². The molecule has 1 heterocycles. The van der Waals surface area contributed by atoms with Crippen molar-refractivity contribution >= 4 is 0 Å². The Balaban J connectivity index is 2.40. The monoisotopic (exact) mass is 139 g/mol. The molecule has 0 aliphatic carbocycles. The summed E-state index contributed by atoms with van der Waals surface area (Å²) in [7, 11) is 0. The van der Waals surface area contributed by atoms with Crippen molar-refractivity contribution < 1.29 is 0 Å². The summed E-state index contributed by atoms with van der Waals surface area (Å²) in [6.07, 6.45) is 5.54. The quantitative estimate of drug-likeness (QED) is 0.661. The van der Waals surface area contributed by atoms with Crippen LogP contribution in [0.4, 0.5) is 0 Å². The highest BCUT2D eigenvalue weighted by Crippen LogP contribution is 1.96. The van der Waals surface area contributed by atoms with E-state index in [-0.39, 0.29) is 0 Å². The van der Waals surface area contributed by atoms with Crippen LogP contribution in [0.3, 0.4) is 0 Å². The van der Waals surface area contributed by atoms with Crippen LogP contribution in [-0.2, 0) is 6.54 Å². The topological polar surface area (TPSA) is 43.8 Å². The van der Waals surface area contributed by atoms with Gasteiger partial charge in [0.2, 0.25) is 0 Å². The molecule has 0 aromatic carbocycles. The third-order valence-electron chi connectivity index (χ3n) is 1.48. The molecule has 56 valence electrons. The summed E-state index contributed by atoms with van der Waals surface area (Å²) in [5.41, 5.74) is 5.45. The highest BCUT2D eigenvalue weighted by molar-refractivity contribution is 4.74. The largest absolute Gasteiger partial charge is 0.337 e. The molecule has 0 aliphatic heterocycles. The van der Waals surface area contributed by atoms with Crippen LogP contribution in [0.5, 0.6) is 0 Å². The van der Waals surface area contributed by atoms with Crippen LogP contribution in [0.25, 0.3) is 0 Å². The Morgan fingerprint density at radius 3 is 3.00 bits per heavy atom. The van der Waals surface area contributed by atoms with Gasteiger partial charge in [0.1, 0.15) is 0 Å². The molecule has 1 rings (SSSR count). The summed E-state index contributed by atoms with van der Waals surface area (Å²) in [5, 5.41) is 0. The lowest BCUT2D eigenvalue weighted by molar-refractivity contribution is 0.491. The maximum atomic E-state index is 5.45. The summed E-state index contributed by atoms with van der Waals surface area (Å²) in [5.74, 6) is 0.536. The van der Waals surface area contributed by atoms with Crippen LogP contribution in [0, 0.1) is 5.92 Å². The van der Waals surface area contributed by atoms with Crippen LogP contribution in [0.15, 0.2) is 18.7 Å². The zero-order chi connectivity index (χ0) is 7.40. The van der Waals surface area contributed by atoms with Gasteiger partial charge in [0, 0.05) is 18.9 Å². The van der Waals surface area contributed by atoms with Gasteiger partial charge in [0.25, 0.3) is 0 Å². The molecule has 0 amide bonds. The van der Waals surface area contributed by atoms with E-state index in [1.54, 1.807) is 6.20 Å². The van der Waals surface area contributed by atoms with E-state index in [0.29, 0.717) is 5.92 Å². The molecule has 1 atom stereocenters. The van der Waals surface area contributed by atoms with Crippen molar-refractivity contribution in [3.05, 3.63) is 18.7 Å². The number of nitrogens with zero attached hydrogens (tertiary/aromatic N) is 2. The average Bonchev–Trinajstić information content (AvgIpc) is 2.40. The second-order valence-corrected chi connectivity index (χ2v) is 2.60. The van der Waals surface area contributed by atoms with E-state index >= 15 is 0 Å².